The van der Waals surface area contributed by atoms with Gasteiger partial charge in [0.05, 0.1) is 11.1 Å². The van der Waals surface area contributed by atoms with Crippen LogP contribution in [0.2, 0.25) is 5.15 Å². The maximum Gasteiger partial charge on any atom is 0.417 e. The first-order valence-electron chi connectivity index (χ1n) is 8.37. The molecule has 5 rings (SSSR count). The van der Waals surface area contributed by atoms with E-state index in [0.29, 0.717) is 21.9 Å². The molecule has 0 spiro atoms. The highest BCUT2D eigenvalue weighted by Crippen LogP contribution is 2.56. The lowest BCUT2D eigenvalue weighted by Gasteiger charge is -2.13. The van der Waals surface area contributed by atoms with E-state index >= 15 is 0 Å². The first-order valence-corrected chi connectivity index (χ1v) is 8.75. The minimum absolute atomic E-state index is 0.0310. The molecule has 0 aliphatic heterocycles. The molecule has 3 heterocycles. The summed E-state index contributed by atoms with van der Waals surface area (Å²) in [5.74, 6) is 0.0223. The Kier molecular flexibility index (Phi) is 3.46. The Hall–Kier alpha value is -2.67. The van der Waals surface area contributed by atoms with Crippen LogP contribution in [0.15, 0.2) is 48.9 Å². The van der Waals surface area contributed by atoms with E-state index < -0.39 is 11.7 Å². The van der Waals surface area contributed by atoms with Crippen LogP contribution in [0.4, 0.5) is 13.2 Å². The van der Waals surface area contributed by atoms with Gasteiger partial charge in [0, 0.05) is 29.5 Å². The van der Waals surface area contributed by atoms with Crippen molar-refractivity contribution in [2.75, 3.05) is 0 Å². The standard InChI is InChI=1S/C19H12ClF3N4/c20-17-9-14(18-25-4-5-27(18)26-17)13-8-12(13)10-6-15(19(21,22)23)11-2-1-3-24-16(11)7-10/h1-7,9,12-13H,8H2/t12-,13+/m0/s1. The van der Waals surface area contributed by atoms with Crippen molar-refractivity contribution in [1.82, 2.24) is 19.6 Å². The van der Waals surface area contributed by atoms with E-state index in [1.165, 1.54) is 24.4 Å². The largest absolute Gasteiger partial charge is 0.417 e. The summed E-state index contributed by atoms with van der Waals surface area (Å²) >= 11 is 6.09. The molecule has 1 aromatic carbocycles. The van der Waals surface area contributed by atoms with Gasteiger partial charge in [0.2, 0.25) is 0 Å². The zero-order valence-electron chi connectivity index (χ0n) is 13.8. The second kappa shape index (κ2) is 5.66. The highest BCUT2D eigenvalue weighted by atomic mass is 35.5. The summed E-state index contributed by atoms with van der Waals surface area (Å²) in [7, 11) is 0. The van der Waals surface area contributed by atoms with Crippen molar-refractivity contribution in [1.29, 1.82) is 0 Å². The number of imidazole rings is 1. The lowest BCUT2D eigenvalue weighted by molar-refractivity contribution is -0.136. The smallest absolute Gasteiger partial charge is 0.256 e. The molecule has 0 bridgehead atoms. The van der Waals surface area contributed by atoms with Crippen LogP contribution < -0.4 is 0 Å². The van der Waals surface area contributed by atoms with Crippen molar-refractivity contribution in [3.8, 4) is 0 Å². The maximum atomic E-state index is 13.6. The number of benzene rings is 1. The quantitative estimate of drug-likeness (QED) is 0.473. The van der Waals surface area contributed by atoms with Gasteiger partial charge in [0.15, 0.2) is 5.65 Å². The maximum absolute atomic E-state index is 13.6. The first kappa shape index (κ1) is 16.5. The van der Waals surface area contributed by atoms with Crippen LogP contribution in [-0.4, -0.2) is 19.6 Å². The summed E-state index contributed by atoms with van der Waals surface area (Å²) in [6, 6.07) is 7.72. The van der Waals surface area contributed by atoms with Gasteiger partial charge in [-0.15, -0.1) is 0 Å². The fraction of sp³-hybridized carbons (Fsp3) is 0.211. The molecule has 1 aliphatic rings. The zero-order chi connectivity index (χ0) is 18.8. The molecule has 0 saturated heterocycles. The molecule has 8 heteroatoms. The Bertz CT molecular complexity index is 1180. The zero-order valence-corrected chi connectivity index (χ0v) is 14.5. The molecule has 4 aromatic rings. The van der Waals surface area contributed by atoms with Crippen LogP contribution in [0, 0.1) is 0 Å². The molecule has 2 atom stereocenters. The number of aromatic nitrogens is 4. The SMILES string of the molecule is FC(F)(F)c1cc([C@@H]2C[C@H]2c2cc(Cl)nn3ccnc23)cc2ncccc12. The first-order chi connectivity index (χ1) is 12.9. The third-order valence-corrected chi connectivity index (χ3v) is 5.21. The predicted octanol–water partition coefficient (Wildman–Crippen LogP) is 5.22. The van der Waals surface area contributed by atoms with Crippen molar-refractivity contribution in [3.05, 3.63) is 70.8 Å². The van der Waals surface area contributed by atoms with E-state index in [1.54, 1.807) is 29.0 Å². The van der Waals surface area contributed by atoms with E-state index in [-0.39, 0.29) is 17.2 Å². The third kappa shape index (κ3) is 2.73. The van der Waals surface area contributed by atoms with E-state index in [4.69, 9.17) is 11.6 Å². The normalized spacial score (nSPS) is 19.7. The number of hydrogen-bond acceptors (Lipinski definition) is 3. The number of pyridine rings is 1. The molecular formula is C19H12ClF3N4. The monoisotopic (exact) mass is 388 g/mol. The van der Waals surface area contributed by atoms with Gasteiger partial charge in [0.1, 0.15) is 5.15 Å². The molecule has 1 fully saturated rings. The van der Waals surface area contributed by atoms with Gasteiger partial charge in [-0.05, 0) is 48.1 Å². The number of hydrogen-bond donors (Lipinski definition) is 0. The van der Waals surface area contributed by atoms with E-state index in [2.05, 4.69) is 15.1 Å². The average Bonchev–Trinajstić information content (AvgIpc) is 3.29. The number of rotatable bonds is 2. The molecule has 1 saturated carbocycles. The molecule has 0 radical (unpaired) electrons. The molecule has 27 heavy (non-hydrogen) atoms. The van der Waals surface area contributed by atoms with Crippen molar-refractivity contribution in [3.63, 3.8) is 0 Å². The number of alkyl halides is 3. The topological polar surface area (TPSA) is 43.1 Å². The third-order valence-electron chi connectivity index (χ3n) is 5.02. The van der Waals surface area contributed by atoms with Gasteiger partial charge in [-0.1, -0.05) is 17.7 Å². The Balaban J connectivity index is 1.60. The van der Waals surface area contributed by atoms with E-state index in [0.717, 1.165) is 12.0 Å². The predicted molar refractivity (Wildman–Crippen MR) is 94.8 cm³/mol. The Labute approximate surface area is 156 Å². The fourth-order valence-electron chi connectivity index (χ4n) is 3.74. The van der Waals surface area contributed by atoms with Crippen molar-refractivity contribution in [2.24, 2.45) is 0 Å². The van der Waals surface area contributed by atoms with Crippen molar-refractivity contribution >= 4 is 28.2 Å². The minimum atomic E-state index is -4.43. The lowest BCUT2D eigenvalue weighted by atomic mass is 9.99. The van der Waals surface area contributed by atoms with Gasteiger partial charge < -0.3 is 0 Å². The van der Waals surface area contributed by atoms with Crippen molar-refractivity contribution in [2.45, 2.75) is 24.4 Å². The van der Waals surface area contributed by atoms with Crippen LogP contribution in [0.1, 0.15) is 34.9 Å². The van der Waals surface area contributed by atoms with Gasteiger partial charge >= 0.3 is 6.18 Å². The summed E-state index contributed by atoms with van der Waals surface area (Å²) in [5.41, 5.74) is 1.93. The summed E-state index contributed by atoms with van der Waals surface area (Å²) < 4.78 is 42.3. The molecule has 0 unspecified atom stereocenters. The highest BCUT2D eigenvalue weighted by Gasteiger charge is 2.43. The van der Waals surface area contributed by atoms with E-state index in [9.17, 15) is 13.2 Å². The molecule has 1 aliphatic carbocycles. The number of fused-ring (bicyclic) bond motifs is 2. The lowest BCUT2D eigenvalue weighted by Crippen LogP contribution is -2.07. The van der Waals surface area contributed by atoms with Crippen LogP contribution in [0.5, 0.6) is 0 Å². The average molecular weight is 389 g/mol. The van der Waals surface area contributed by atoms with E-state index in [1.807, 2.05) is 0 Å². The molecule has 4 nitrogen and oxygen atoms in total. The summed E-state index contributed by atoms with van der Waals surface area (Å²) in [6.45, 7) is 0. The molecular weight excluding hydrogens is 377 g/mol. The van der Waals surface area contributed by atoms with Gasteiger partial charge in [-0.3, -0.25) is 4.98 Å². The number of halogens is 4. The Morgan fingerprint density at radius 2 is 1.93 bits per heavy atom. The molecule has 0 amide bonds. The summed E-state index contributed by atoms with van der Waals surface area (Å²) in [5, 5.41) is 4.60. The minimum Gasteiger partial charge on any atom is -0.256 e. The van der Waals surface area contributed by atoms with Crippen LogP contribution in [0.25, 0.3) is 16.6 Å². The van der Waals surface area contributed by atoms with Gasteiger partial charge in [-0.2, -0.15) is 18.3 Å². The summed E-state index contributed by atoms with van der Waals surface area (Å²) in [4.78, 5) is 8.44. The van der Waals surface area contributed by atoms with Gasteiger partial charge in [0.25, 0.3) is 0 Å². The van der Waals surface area contributed by atoms with Crippen molar-refractivity contribution < 1.29 is 13.2 Å². The highest BCUT2D eigenvalue weighted by molar-refractivity contribution is 6.29. The second-order valence-electron chi connectivity index (χ2n) is 6.70. The summed E-state index contributed by atoms with van der Waals surface area (Å²) in [6.07, 6.45) is 1.13. The number of nitrogens with zero attached hydrogens (tertiary/aromatic N) is 4. The Morgan fingerprint density at radius 3 is 2.74 bits per heavy atom. The van der Waals surface area contributed by atoms with Gasteiger partial charge in [-0.25, -0.2) is 9.50 Å². The molecule has 136 valence electrons. The fourth-order valence-corrected chi connectivity index (χ4v) is 3.94. The Morgan fingerprint density at radius 1 is 1.07 bits per heavy atom. The molecule has 3 aromatic heterocycles. The second-order valence-corrected chi connectivity index (χ2v) is 7.09. The van der Waals surface area contributed by atoms with Crippen LogP contribution >= 0.6 is 11.6 Å². The van der Waals surface area contributed by atoms with Crippen LogP contribution in [0.3, 0.4) is 0 Å². The van der Waals surface area contributed by atoms with Crippen LogP contribution in [-0.2, 0) is 6.18 Å². The molecule has 0 N–H and O–H groups in total.